The molecule has 6 aromatic rings. The molecule has 0 aliphatic carbocycles. The Morgan fingerprint density at radius 3 is 1.27 bits per heavy atom. The number of oxazole rings is 1. The van der Waals surface area contributed by atoms with Crippen molar-refractivity contribution < 1.29 is 4.42 Å². The molecular weight excluding hydrogens is 469 g/mol. The molecule has 178 valence electrons. The van der Waals surface area contributed by atoms with Crippen molar-refractivity contribution in [1.82, 2.24) is 4.98 Å². The van der Waals surface area contributed by atoms with Gasteiger partial charge in [-0.05, 0) is 36.4 Å². The average Bonchev–Trinajstić information content (AvgIpc) is 3.42. The molecule has 0 N–H and O–H groups in total. The van der Waals surface area contributed by atoms with Gasteiger partial charge in [0, 0.05) is 11.1 Å². The zero-order chi connectivity index (χ0) is 24.9. The number of nitrogens with zero attached hydrogens (tertiary/aromatic N) is 1. The first-order valence-electron chi connectivity index (χ1n) is 12.5. The van der Waals surface area contributed by atoms with Crippen LogP contribution in [0.25, 0.3) is 22.6 Å². The summed E-state index contributed by atoms with van der Waals surface area (Å²) < 4.78 is 6.69. The summed E-state index contributed by atoms with van der Waals surface area (Å²) in [5.74, 6) is 1.57. The van der Waals surface area contributed by atoms with Crippen LogP contribution in [0.2, 0.25) is 0 Å². The van der Waals surface area contributed by atoms with E-state index in [9.17, 15) is 0 Å². The van der Waals surface area contributed by atoms with E-state index in [4.69, 9.17) is 9.40 Å². The molecule has 0 atom stereocenters. The fourth-order valence-corrected chi connectivity index (χ4v) is 9.01. The molecule has 0 fully saturated rings. The molecule has 1 aromatic heterocycles. The third-order valence-electron chi connectivity index (χ3n) is 6.72. The minimum absolute atomic E-state index is 0.692. The highest BCUT2D eigenvalue weighted by Crippen LogP contribution is 2.58. The smallest absolute Gasteiger partial charge is 0.234 e. The molecule has 0 saturated carbocycles. The summed E-state index contributed by atoms with van der Waals surface area (Å²) in [4.78, 5) is 5.18. The van der Waals surface area contributed by atoms with Gasteiger partial charge in [-0.1, -0.05) is 115 Å². The lowest BCUT2D eigenvalue weighted by Gasteiger charge is -2.26. The van der Waals surface area contributed by atoms with Crippen molar-refractivity contribution in [2.24, 2.45) is 0 Å². The molecule has 0 amide bonds. The fourth-order valence-electron chi connectivity index (χ4n) is 4.98. The van der Waals surface area contributed by atoms with E-state index in [1.807, 2.05) is 36.4 Å². The van der Waals surface area contributed by atoms with Crippen LogP contribution in [-0.4, -0.2) is 4.98 Å². The van der Waals surface area contributed by atoms with E-state index in [2.05, 4.69) is 115 Å². The van der Waals surface area contributed by atoms with Gasteiger partial charge in [0.1, 0.15) is 35.0 Å². The highest BCUT2D eigenvalue weighted by molar-refractivity contribution is 7.95. The van der Waals surface area contributed by atoms with Gasteiger partial charge in [0.25, 0.3) is 0 Å². The number of hydrogen-bond donors (Lipinski definition) is 0. The summed E-state index contributed by atoms with van der Waals surface area (Å²) >= 11 is 0. The first-order valence-corrected chi connectivity index (χ1v) is 14.5. The maximum absolute atomic E-state index is 6.69. The Morgan fingerprint density at radius 2 is 0.838 bits per heavy atom. The molecule has 2 nitrogen and oxygen atoms in total. The van der Waals surface area contributed by atoms with E-state index in [0.29, 0.717) is 6.16 Å². The number of aromatic nitrogens is 1. The van der Waals surface area contributed by atoms with Gasteiger partial charge in [0.2, 0.25) is 5.89 Å². The van der Waals surface area contributed by atoms with Crippen LogP contribution in [0, 0.1) is 0 Å². The molecule has 0 spiro atoms. The first kappa shape index (κ1) is 23.2. The van der Waals surface area contributed by atoms with E-state index in [0.717, 1.165) is 28.5 Å². The second-order valence-corrected chi connectivity index (χ2v) is 12.5. The zero-order valence-electron chi connectivity index (χ0n) is 20.4. The van der Waals surface area contributed by atoms with E-state index >= 15 is 0 Å². The maximum Gasteiger partial charge on any atom is 0.234 e. The van der Waals surface area contributed by atoms with E-state index in [1.165, 1.54) is 15.9 Å². The quantitative estimate of drug-likeness (QED) is 0.214. The molecule has 5 aromatic carbocycles. The topological polar surface area (TPSA) is 26.0 Å². The summed E-state index contributed by atoms with van der Waals surface area (Å²) in [6, 6.07) is 53.2. The monoisotopic (exact) mass is 496 g/mol. The highest BCUT2D eigenvalue weighted by Gasteiger charge is 2.47. The van der Waals surface area contributed by atoms with Crippen LogP contribution in [0.4, 0.5) is 0 Å². The Balaban J connectivity index is 1.58. The van der Waals surface area contributed by atoms with Crippen molar-refractivity contribution in [3.63, 3.8) is 0 Å². The van der Waals surface area contributed by atoms with Gasteiger partial charge in [-0.25, -0.2) is 4.98 Å². The van der Waals surface area contributed by atoms with Gasteiger partial charge in [-0.3, -0.25) is 0 Å². The average molecular weight is 497 g/mol. The molecular formula is C34H27NOP+. The van der Waals surface area contributed by atoms with Crippen LogP contribution < -0.4 is 15.9 Å². The van der Waals surface area contributed by atoms with Crippen LogP contribution in [0.5, 0.6) is 0 Å². The molecule has 37 heavy (non-hydrogen) atoms. The first-order chi connectivity index (χ1) is 18.3. The van der Waals surface area contributed by atoms with E-state index in [1.54, 1.807) is 0 Å². The van der Waals surface area contributed by atoms with Gasteiger partial charge < -0.3 is 4.42 Å². The second-order valence-electron chi connectivity index (χ2n) is 8.99. The number of benzene rings is 5. The molecule has 0 bridgehead atoms. The second kappa shape index (κ2) is 10.4. The minimum Gasteiger partial charge on any atom is -0.436 e. The van der Waals surface area contributed by atoms with E-state index < -0.39 is 7.26 Å². The third kappa shape index (κ3) is 4.53. The van der Waals surface area contributed by atoms with Crippen LogP contribution in [0.1, 0.15) is 5.89 Å². The molecule has 6 rings (SSSR count). The standard InChI is InChI=1S/C34H27NOP/c1-6-16-27(17-7-1)33-34(28-18-8-2-9-19-28)36-32(35-33)26-37(29-20-10-3-11-21-29,30-22-12-4-13-23-30)31-24-14-5-15-25-31/h1-25H,26H2/q+1. The minimum atomic E-state index is -2.12. The van der Waals surface area contributed by atoms with Gasteiger partial charge in [-0.15, -0.1) is 0 Å². The predicted molar refractivity (Wildman–Crippen MR) is 156 cm³/mol. The molecule has 0 saturated heterocycles. The van der Waals surface area contributed by atoms with Crippen molar-refractivity contribution in [2.45, 2.75) is 6.16 Å². The van der Waals surface area contributed by atoms with Crippen LogP contribution >= 0.6 is 7.26 Å². The maximum atomic E-state index is 6.69. The van der Waals surface area contributed by atoms with Crippen molar-refractivity contribution in [3.05, 3.63) is 158 Å². The molecule has 0 radical (unpaired) electrons. The molecule has 3 heteroatoms. The van der Waals surface area contributed by atoms with Gasteiger partial charge in [0.15, 0.2) is 5.76 Å². The molecule has 1 heterocycles. The van der Waals surface area contributed by atoms with Gasteiger partial charge in [0.05, 0.1) is 0 Å². The van der Waals surface area contributed by atoms with Crippen LogP contribution in [0.15, 0.2) is 156 Å². The number of rotatable bonds is 7. The molecule has 0 unspecified atom stereocenters. The molecule has 0 aliphatic rings. The Kier molecular flexibility index (Phi) is 6.50. The van der Waals surface area contributed by atoms with Crippen molar-refractivity contribution >= 4 is 23.2 Å². The summed E-state index contributed by atoms with van der Waals surface area (Å²) in [6.45, 7) is 0. The Bertz CT molecular complexity index is 1410. The normalized spacial score (nSPS) is 11.4. The summed E-state index contributed by atoms with van der Waals surface area (Å²) in [5, 5.41) is 3.94. The lowest BCUT2D eigenvalue weighted by Crippen LogP contribution is -2.32. The lowest BCUT2D eigenvalue weighted by atomic mass is 10.1. The largest absolute Gasteiger partial charge is 0.436 e. The fraction of sp³-hybridized carbons (Fsp3) is 0.0294. The van der Waals surface area contributed by atoms with Crippen molar-refractivity contribution in [1.29, 1.82) is 0 Å². The lowest BCUT2D eigenvalue weighted by molar-refractivity contribution is 0.529. The Morgan fingerprint density at radius 1 is 0.459 bits per heavy atom. The van der Waals surface area contributed by atoms with Crippen LogP contribution in [0.3, 0.4) is 0 Å². The Hall–Kier alpha value is -4.26. The molecule has 0 aliphatic heterocycles. The zero-order valence-corrected chi connectivity index (χ0v) is 21.3. The van der Waals surface area contributed by atoms with Crippen molar-refractivity contribution in [2.75, 3.05) is 0 Å². The Labute approximate surface area is 218 Å². The summed E-state index contributed by atoms with van der Waals surface area (Å²) in [6.07, 6.45) is 0.692. The van der Waals surface area contributed by atoms with Gasteiger partial charge in [-0.2, -0.15) is 0 Å². The SMILES string of the molecule is c1ccc(-c2nc(C[P+](c3ccccc3)(c3ccccc3)c3ccccc3)oc2-c2ccccc2)cc1. The van der Waals surface area contributed by atoms with Crippen LogP contribution in [-0.2, 0) is 6.16 Å². The highest BCUT2D eigenvalue weighted by atomic mass is 31.2. The third-order valence-corrected chi connectivity index (χ3v) is 11.0. The number of hydrogen-bond acceptors (Lipinski definition) is 2. The predicted octanol–water partition coefficient (Wildman–Crippen LogP) is 7.50. The van der Waals surface area contributed by atoms with Crippen molar-refractivity contribution in [3.8, 4) is 22.6 Å². The van der Waals surface area contributed by atoms with E-state index in [-0.39, 0.29) is 0 Å². The summed E-state index contributed by atoms with van der Waals surface area (Å²) in [7, 11) is -2.12. The summed E-state index contributed by atoms with van der Waals surface area (Å²) in [5.41, 5.74) is 2.97. The van der Waals surface area contributed by atoms with Gasteiger partial charge >= 0.3 is 0 Å².